The number of nitrogens with one attached hydrogen (secondary N) is 1. The minimum atomic E-state index is -3.14. The molecule has 0 saturated carbocycles. The molecule has 1 saturated heterocycles. The van der Waals surface area contributed by atoms with E-state index >= 15 is 0 Å². The van der Waals surface area contributed by atoms with Crippen molar-refractivity contribution in [3.63, 3.8) is 0 Å². The molecule has 0 bridgehead atoms. The van der Waals surface area contributed by atoms with Crippen molar-refractivity contribution in [3.8, 4) is 0 Å². The zero-order valence-electron chi connectivity index (χ0n) is 11.1. The van der Waals surface area contributed by atoms with Crippen LogP contribution in [0.1, 0.15) is 13.8 Å². The predicted octanol–water partition coefficient (Wildman–Crippen LogP) is -0.119. The first-order chi connectivity index (χ1) is 8.36. The van der Waals surface area contributed by atoms with Gasteiger partial charge >= 0.3 is 0 Å². The van der Waals surface area contributed by atoms with Crippen LogP contribution >= 0.6 is 11.8 Å². The molecule has 106 valence electrons. The lowest BCUT2D eigenvalue weighted by atomic mass is 10.2. The molecule has 1 atom stereocenters. The molecule has 0 aliphatic carbocycles. The first-order valence-corrected chi connectivity index (χ1v) is 9.01. The Morgan fingerprint density at radius 1 is 1.61 bits per heavy atom. The Kier molecular flexibility index (Phi) is 5.74. The van der Waals surface area contributed by atoms with Gasteiger partial charge in [0.2, 0.25) is 5.96 Å². The normalized spacial score (nSPS) is 22.4. The van der Waals surface area contributed by atoms with Crippen LogP contribution in [0, 0.1) is 5.92 Å². The molecule has 8 heteroatoms. The van der Waals surface area contributed by atoms with E-state index in [1.54, 1.807) is 16.7 Å². The van der Waals surface area contributed by atoms with E-state index in [9.17, 15) is 8.42 Å². The average Bonchev–Trinajstić information content (AvgIpc) is 2.29. The molecule has 18 heavy (non-hydrogen) atoms. The highest BCUT2D eigenvalue weighted by molar-refractivity contribution is 8.00. The SMILES string of the molecule is CC(C)CN=C(NN)N1CCSCC1S(C)(=O)=O. The van der Waals surface area contributed by atoms with Crippen LogP contribution in [0.5, 0.6) is 0 Å². The molecule has 0 aromatic rings. The molecule has 0 amide bonds. The van der Waals surface area contributed by atoms with Gasteiger partial charge in [-0.05, 0) is 5.92 Å². The third kappa shape index (κ3) is 4.33. The monoisotopic (exact) mass is 294 g/mol. The summed E-state index contributed by atoms with van der Waals surface area (Å²) in [5.74, 6) is 7.79. The van der Waals surface area contributed by atoms with Gasteiger partial charge in [-0.3, -0.25) is 10.4 Å². The summed E-state index contributed by atoms with van der Waals surface area (Å²) in [5.41, 5.74) is 2.53. The van der Waals surface area contributed by atoms with Gasteiger partial charge in [-0.15, -0.1) is 0 Å². The molecule has 1 aliphatic heterocycles. The maximum atomic E-state index is 11.8. The largest absolute Gasteiger partial charge is 0.323 e. The van der Waals surface area contributed by atoms with E-state index in [0.717, 1.165) is 5.75 Å². The van der Waals surface area contributed by atoms with Gasteiger partial charge in [-0.1, -0.05) is 13.8 Å². The van der Waals surface area contributed by atoms with E-state index in [1.165, 1.54) is 6.26 Å². The minimum absolute atomic E-state index is 0.407. The maximum Gasteiger partial charge on any atom is 0.209 e. The lowest BCUT2D eigenvalue weighted by Crippen LogP contribution is -2.55. The molecule has 0 aromatic carbocycles. The van der Waals surface area contributed by atoms with E-state index in [2.05, 4.69) is 24.3 Å². The van der Waals surface area contributed by atoms with Crippen molar-refractivity contribution >= 4 is 27.6 Å². The van der Waals surface area contributed by atoms with Crippen LogP contribution in [0.4, 0.5) is 0 Å². The number of guanidine groups is 1. The molecule has 6 nitrogen and oxygen atoms in total. The Labute approximate surface area is 113 Å². The highest BCUT2D eigenvalue weighted by Gasteiger charge is 2.32. The molecular weight excluding hydrogens is 272 g/mol. The van der Waals surface area contributed by atoms with Crippen LogP contribution in [0.2, 0.25) is 0 Å². The zero-order valence-corrected chi connectivity index (χ0v) is 12.7. The summed E-state index contributed by atoms with van der Waals surface area (Å²) in [6.07, 6.45) is 1.26. The molecule has 0 spiro atoms. The zero-order chi connectivity index (χ0) is 13.8. The van der Waals surface area contributed by atoms with Crippen molar-refractivity contribution in [3.05, 3.63) is 0 Å². The van der Waals surface area contributed by atoms with Gasteiger partial charge in [0.1, 0.15) is 5.37 Å². The van der Waals surface area contributed by atoms with E-state index < -0.39 is 15.2 Å². The molecular formula is C10H22N4O2S2. The summed E-state index contributed by atoms with van der Waals surface area (Å²) in [6, 6.07) is 0. The van der Waals surface area contributed by atoms with Crippen LogP contribution in [0.15, 0.2) is 4.99 Å². The summed E-state index contributed by atoms with van der Waals surface area (Å²) >= 11 is 1.64. The van der Waals surface area contributed by atoms with Crippen LogP contribution in [0.3, 0.4) is 0 Å². The molecule has 1 aliphatic rings. The molecule has 0 radical (unpaired) electrons. The number of sulfone groups is 1. The second kappa shape index (κ2) is 6.63. The van der Waals surface area contributed by atoms with E-state index in [4.69, 9.17) is 5.84 Å². The number of nitrogens with two attached hydrogens (primary N) is 1. The Morgan fingerprint density at radius 2 is 2.28 bits per heavy atom. The summed E-state index contributed by atoms with van der Waals surface area (Å²) in [6.45, 7) is 5.37. The quantitative estimate of drug-likeness (QED) is 0.327. The van der Waals surface area contributed by atoms with Crippen molar-refractivity contribution in [1.29, 1.82) is 0 Å². The number of hydrazine groups is 1. The first-order valence-electron chi connectivity index (χ1n) is 5.90. The Balaban J connectivity index is 2.90. The fourth-order valence-electron chi connectivity index (χ4n) is 1.67. The smallest absolute Gasteiger partial charge is 0.209 e. The summed E-state index contributed by atoms with van der Waals surface area (Å²) in [5, 5.41) is -0.543. The molecule has 0 aromatic heterocycles. The highest BCUT2D eigenvalue weighted by atomic mass is 32.2. The first kappa shape index (κ1) is 15.6. The average molecular weight is 294 g/mol. The van der Waals surface area contributed by atoms with Crippen LogP contribution < -0.4 is 11.3 Å². The number of aliphatic imine (C=N–C) groups is 1. The number of hydrogen-bond donors (Lipinski definition) is 2. The van der Waals surface area contributed by atoms with Crippen LogP contribution in [-0.4, -0.2) is 55.5 Å². The van der Waals surface area contributed by atoms with Crippen LogP contribution in [0.25, 0.3) is 0 Å². The van der Waals surface area contributed by atoms with Crippen molar-refractivity contribution < 1.29 is 8.42 Å². The van der Waals surface area contributed by atoms with Crippen molar-refractivity contribution in [2.45, 2.75) is 19.2 Å². The van der Waals surface area contributed by atoms with E-state index in [0.29, 0.717) is 30.7 Å². The molecule has 1 fully saturated rings. The van der Waals surface area contributed by atoms with Gasteiger partial charge in [-0.25, -0.2) is 14.3 Å². The van der Waals surface area contributed by atoms with E-state index in [1.807, 2.05) is 0 Å². The lowest BCUT2D eigenvalue weighted by Gasteiger charge is -2.35. The van der Waals surface area contributed by atoms with Gasteiger partial charge in [0, 0.05) is 30.9 Å². The molecule has 1 rings (SSSR count). The number of nitrogens with zero attached hydrogens (tertiary/aromatic N) is 2. The Morgan fingerprint density at radius 3 is 2.78 bits per heavy atom. The molecule has 3 N–H and O–H groups in total. The Hall–Kier alpha value is -0.470. The standard InChI is InChI=1S/C10H22N4O2S2/c1-8(2)6-12-10(13-11)14-4-5-17-7-9(14)18(3,15)16/h8-9H,4-7,11H2,1-3H3,(H,12,13). The highest BCUT2D eigenvalue weighted by Crippen LogP contribution is 2.20. The van der Waals surface area contributed by atoms with Gasteiger partial charge < -0.3 is 4.90 Å². The van der Waals surface area contributed by atoms with Gasteiger partial charge in [0.15, 0.2) is 9.84 Å². The third-order valence-electron chi connectivity index (χ3n) is 2.59. The topological polar surface area (TPSA) is 87.8 Å². The minimum Gasteiger partial charge on any atom is -0.323 e. The van der Waals surface area contributed by atoms with Gasteiger partial charge in [0.05, 0.1) is 0 Å². The second-order valence-electron chi connectivity index (χ2n) is 4.75. The predicted molar refractivity (Wildman–Crippen MR) is 77.1 cm³/mol. The van der Waals surface area contributed by atoms with Crippen molar-refractivity contribution in [2.24, 2.45) is 16.8 Å². The third-order valence-corrected chi connectivity index (χ3v) is 5.23. The lowest BCUT2D eigenvalue weighted by molar-refractivity contribution is 0.394. The fraction of sp³-hybridized carbons (Fsp3) is 0.900. The fourth-order valence-corrected chi connectivity index (χ4v) is 4.49. The maximum absolute atomic E-state index is 11.8. The summed E-state index contributed by atoms with van der Waals surface area (Å²) in [4.78, 5) is 6.12. The van der Waals surface area contributed by atoms with Crippen molar-refractivity contribution in [1.82, 2.24) is 10.3 Å². The number of hydrogen-bond acceptors (Lipinski definition) is 5. The number of thioether (sulfide) groups is 1. The van der Waals surface area contributed by atoms with Crippen molar-refractivity contribution in [2.75, 3.05) is 30.9 Å². The second-order valence-corrected chi connectivity index (χ2v) is 8.11. The van der Waals surface area contributed by atoms with E-state index in [-0.39, 0.29) is 0 Å². The number of rotatable bonds is 3. The molecule has 1 unspecified atom stereocenters. The van der Waals surface area contributed by atoms with Gasteiger partial charge in [0.25, 0.3) is 0 Å². The van der Waals surface area contributed by atoms with Crippen LogP contribution in [-0.2, 0) is 9.84 Å². The summed E-state index contributed by atoms with van der Waals surface area (Å²) in [7, 11) is -3.14. The summed E-state index contributed by atoms with van der Waals surface area (Å²) < 4.78 is 23.6. The van der Waals surface area contributed by atoms with Gasteiger partial charge in [-0.2, -0.15) is 11.8 Å². The Bertz CT molecular complexity index is 395. The molecule has 1 heterocycles.